The molecule has 0 aliphatic rings. The molecule has 0 aliphatic carbocycles. The maximum absolute atomic E-state index is 13.6. The number of hydrogen-bond acceptors (Lipinski definition) is 2. The maximum Gasteiger partial charge on any atom is 0.228 e. The molecule has 1 aromatic heterocycles. The SMILES string of the molecule is N#Cc1ccccc1NC(=O)Cc1c[nH]c2c(F)cccc12. The lowest BCUT2D eigenvalue weighted by atomic mass is 10.1. The fourth-order valence-electron chi connectivity index (χ4n) is 2.38. The van der Waals surface area contributed by atoms with E-state index in [1.165, 1.54) is 6.07 Å². The molecule has 3 rings (SSSR count). The summed E-state index contributed by atoms with van der Waals surface area (Å²) in [5, 5.41) is 12.4. The lowest BCUT2D eigenvalue weighted by Gasteiger charge is -2.06. The van der Waals surface area contributed by atoms with Gasteiger partial charge in [-0.25, -0.2) is 4.39 Å². The van der Waals surface area contributed by atoms with Gasteiger partial charge in [0.05, 0.1) is 23.2 Å². The van der Waals surface area contributed by atoms with Crippen molar-refractivity contribution in [2.45, 2.75) is 6.42 Å². The van der Waals surface area contributed by atoms with Crippen LogP contribution < -0.4 is 5.32 Å². The van der Waals surface area contributed by atoms with Gasteiger partial charge in [0.15, 0.2) is 0 Å². The molecule has 0 fully saturated rings. The van der Waals surface area contributed by atoms with E-state index < -0.39 is 0 Å². The Hall–Kier alpha value is -3.13. The Morgan fingerprint density at radius 2 is 2.05 bits per heavy atom. The molecular weight excluding hydrogens is 281 g/mol. The number of benzene rings is 2. The fraction of sp³-hybridized carbons (Fsp3) is 0.0588. The van der Waals surface area contributed by atoms with Crippen molar-refractivity contribution in [1.82, 2.24) is 4.98 Å². The first kappa shape index (κ1) is 13.8. The zero-order valence-electron chi connectivity index (χ0n) is 11.6. The van der Waals surface area contributed by atoms with Crippen LogP contribution in [0, 0.1) is 17.1 Å². The molecule has 4 nitrogen and oxygen atoms in total. The third-order valence-electron chi connectivity index (χ3n) is 3.42. The molecule has 0 radical (unpaired) electrons. The van der Waals surface area contributed by atoms with Gasteiger partial charge in [0.2, 0.25) is 5.91 Å². The first-order valence-electron chi connectivity index (χ1n) is 6.72. The Labute approximate surface area is 126 Å². The van der Waals surface area contributed by atoms with E-state index in [-0.39, 0.29) is 18.1 Å². The summed E-state index contributed by atoms with van der Waals surface area (Å²) < 4.78 is 13.6. The van der Waals surface area contributed by atoms with Crippen molar-refractivity contribution in [1.29, 1.82) is 5.26 Å². The lowest BCUT2D eigenvalue weighted by Crippen LogP contribution is -2.15. The normalized spacial score (nSPS) is 10.4. The summed E-state index contributed by atoms with van der Waals surface area (Å²) in [5.41, 5.74) is 1.98. The summed E-state index contributed by atoms with van der Waals surface area (Å²) in [4.78, 5) is 15.0. The Morgan fingerprint density at radius 1 is 1.23 bits per heavy atom. The molecule has 108 valence electrons. The number of H-pyrrole nitrogens is 1. The number of hydrogen-bond donors (Lipinski definition) is 2. The minimum Gasteiger partial charge on any atom is -0.359 e. The Kier molecular flexibility index (Phi) is 3.58. The minimum absolute atomic E-state index is 0.100. The number of amides is 1. The topological polar surface area (TPSA) is 68.7 Å². The van der Waals surface area contributed by atoms with E-state index in [9.17, 15) is 9.18 Å². The summed E-state index contributed by atoms with van der Waals surface area (Å²) in [6, 6.07) is 13.6. The number of aromatic amines is 1. The van der Waals surface area contributed by atoms with Crippen LogP contribution in [0.25, 0.3) is 10.9 Å². The number of aromatic nitrogens is 1. The predicted molar refractivity (Wildman–Crippen MR) is 81.7 cm³/mol. The molecular formula is C17H12FN3O. The standard InChI is InChI=1S/C17H12FN3O/c18-14-6-3-5-13-12(10-20-17(13)14)8-16(22)21-15-7-2-1-4-11(15)9-19/h1-7,10,20H,8H2,(H,21,22). The number of carbonyl (C=O) groups is 1. The van der Waals surface area contributed by atoms with Crippen LogP contribution in [0.5, 0.6) is 0 Å². The van der Waals surface area contributed by atoms with Gasteiger partial charge >= 0.3 is 0 Å². The van der Waals surface area contributed by atoms with E-state index in [0.29, 0.717) is 27.7 Å². The number of nitriles is 1. The molecule has 0 bridgehead atoms. The Balaban J connectivity index is 1.82. The molecule has 0 unspecified atom stereocenters. The van der Waals surface area contributed by atoms with Crippen LogP contribution in [0.4, 0.5) is 10.1 Å². The van der Waals surface area contributed by atoms with E-state index in [2.05, 4.69) is 10.3 Å². The van der Waals surface area contributed by atoms with Crippen LogP contribution in [-0.4, -0.2) is 10.9 Å². The van der Waals surface area contributed by atoms with Crippen LogP contribution in [-0.2, 0) is 11.2 Å². The van der Waals surface area contributed by atoms with Crippen molar-refractivity contribution in [2.24, 2.45) is 0 Å². The first-order valence-corrected chi connectivity index (χ1v) is 6.72. The highest BCUT2D eigenvalue weighted by Gasteiger charge is 2.12. The van der Waals surface area contributed by atoms with Gasteiger partial charge in [-0.15, -0.1) is 0 Å². The second kappa shape index (κ2) is 5.70. The molecule has 2 N–H and O–H groups in total. The van der Waals surface area contributed by atoms with Crippen molar-refractivity contribution in [2.75, 3.05) is 5.32 Å². The third kappa shape index (κ3) is 2.54. The Bertz CT molecular complexity index is 892. The summed E-state index contributed by atoms with van der Waals surface area (Å²) in [7, 11) is 0. The smallest absolute Gasteiger partial charge is 0.228 e. The highest BCUT2D eigenvalue weighted by Crippen LogP contribution is 2.22. The van der Waals surface area contributed by atoms with Crippen LogP contribution >= 0.6 is 0 Å². The largest absolute Gasteiger partial charge is 0.359 e. The highest BCUT2D eigenvalue weighted by molar-refractivity contribution is 5.96. The quantitative estimate of drug-likeness (QED) is 0.777. The van der Waals surface area contributed by atoms with E-state index in [1.807, 2.05) is 6.07 Å². The molecule has 1 amide bonds. The van der Waals surface area contributed by atoms with Gasteiger partial charge in [0.1, 0.15) is 11.9 Å². The molecule has 0 spiro atoms. The number of rotatable bonds is 3. The van der Waals surface area contributed by atoms with Crippen molar-refractivity contribution >= 4 is 22.5 Å². The number of fused-ring (bicyclic) bond motifs is 1. The summed E-state index contributed by atoms with van der Waals surface area (Å²) in [6.07, 6.45) is 1.73. The predicted octanol–water partition coefficient (Wildman–Crippen LogP) is 3.36. The molecule has 1 heterocycles. The zero-order chi connectivity index (χ0) is 15.5. The van der Waals surface area contributed by atoms with Crippen molar-refractivity contribution in [3.8, 4) is 6.07 Å². The van der Waals surface area contributed by atoms with Gasteiger partial charge in [-0.1, -0.05) is 24.3 Å². The van der Waals surface area contributed by atoms with E-state index in [4.69, 9.17) is 5.26 Å². The van der Waals surface area contributed by atoms with Crippen molar-refractivity contribution in [3.05, 3.63) is 65.6 Å². The molecule has 3 aromatic rings. The van der Waals surface area contributed by atoms with Crippen LogP contribution in [0.15, 0.2) is 48.7 Å². The molecule has 22 heavy (non-hydrogen) atoms. The summed E-state index contributed by atoms with van der Waals surface area (Å²) in [6.45, 7) is 0. The van der Waals surface area contributed by atoms with E-state index in [0.717, 1.165) is 0 Å². The van der Waals surface area contributed by atoms with Gasteiger partial charge in [0, 0.05) is 11.6 Å². The summed E-state index contributed by atoms with van der Waals surface area (Å²) in [5.74, 6) is -0.605. The number of nitrogens with zero attached hydrogens (tertiary/aromatic N) is 1. The van der Waals surface area contributed by atoms with Crippen LogP contribution in [0.1, 0.15) is 11.1 Å². The average Bonchev–Trinajstić information content (AvgIpc) is 2.92. The molecule has 0 saturated carbocycles. The number of anilines is 1. The highest BCUT2D eigenvalue weighted by atomic mass is 19.1. The number of carbonyl (C=O) groups excluding carboxylic acids is 1. The second-order valence-corrected chi connectivity index (χ2v) is 4.86. The van der Waals surface area contributed by atoms with Gasteiger partial charge in [-0.2, -0.15) is 5.26 Å². The molecule has 0 atom stereocenters. The summed E-state index contributed by atoms with van der Waals surface area (Å²) >= 11 is 0. The van der Waals surface area contributed by atoms with E-state index in [1.54, 1.807) is 42.6 Å². The average molecular weight is 293 g/mol. The third-order valence-corrected chi connectivity index (χ3v) is 3.42. The van der Waals surface area contributed by atoms with Gasteiger partial charge in [-0.05, 0) is 23.8 Å². The minimum atomic E-state index is -0.348. The van der Waals surface area contributed by atoms with Gasteiger partial charge < -0.3 is 10.3 Å². The van der Waals surface area contributed by atoms with Gasteiger partial charge in [-0.3, -0.25) is 4.79 Å². The van der Waals surface area contributed by atoms with Crippen molar-refractivity contribution < 1.29 is 9.18 Å². The van der Waals surface area contributed by atoms with Crippen LogP contribution in [0.2, 0.25) is 0 Å². The lowest BCUT2D eigenvalue weighted by molar-refractivity contribution is -0.115. The zero-order valence-corrected chi connectivity index (χ0v) is 11.6. The number of halogens is 1. The number of nitrogens with one attached hydrogen (secondary N) is 2. The number of para-hydroxylation sites is 2. The molecule has 0 saturated heterocycles. The van der Waals surface area contributed by atoms with Crippen LogP contribution in [0.3, 0.4) is 0 Å². The second-order valence-electron chi connectivity index (χ2n) is 4.86. The van der Waals surface area contributed by atoms with Gasteiger partial charge in [0.25, 0.3) is 0 Å². The maximum atomic E-state index is 13.6. The van der Waals surface area contributed by atoms with E-state index >= 15 is 0 Å². The molecule has 5 heteroatoms. The molecule has 2 aromatic carbocycles. The Morgan fingerprint density at radius 3 is 2.86 bits per heavy atom. The van der Waals surface area contributed by atoms with Crippen molar-refractivity contribution in [3.63, 3.8) is 0 Å². The molecule has 0 aliphatic heterocycles. The monoisotopic (exact) mass is 293 g/mol. The first-order chi connectivity index (χ1) is 10.7. The fourth-order valence-corrected chi connectivity index (χ4v) is 2.38.